The number of rotatable bonds is 4. The molecule has 0 spiro atoms. The second-order valence-electron chi connectivity index (χ2n) is 5.04. The van der Waals surface area contributed by atoms with Crippen LogP contribution in [0.4, 0.5) is 0 Å². The average molecular weight is 335 g/mol. The number of thioether (sulfide) groups is 1. The van der Waals surface area contributed by atoms with Crippen LogP contribution in [0.3, 0.4) is 0 Å². The highest BCUT2D eigenvalue weighted by molar-refractivity contribution is 8.26. The van der Waals surface area contributed by atoms with Crippen LogP contribution in [0.5, 0.6) is 0 Å². The van der Waals surface area contributed by atoms with Crippen molar-refractivity contribution in [1.29, 1.82) is 0 Å². The van der Waals surface area contributed by atoms with E-state index in [1.54, 1.807) is 17.2 Å². The van der Waals surface area contributed by atoms with Crippen molar-refractivity contribution in [2.45, 2.75) is 0 Å². The van der Waals surface area contributed by atoms with Crippen LogP contribution in [0, 0.1) is 0 Å². The van der Waals surface area contributed by atoms with Crippen LogP contribution < -0.4 is 0 Å². The number of carbonyl (C=O) groups is 1. The molecule has 2 fully saturated rings. The summed E-state index contributed by atoms with van der Waals surface area (Å²) < 4.78 is 5.95. The Hall–Kier alpha value is -1.28. The van der Waals surface area contributed by atoms with Crippen LogP contribution in [0.25, 0.3) is 6.08 Å². The second kappa shape index (κ2) is 7.32. The van der Waals surface area contributed by atoms with Crippen molar-refractivity contribution in [2.24, 2.45) is 0 Å². The molecule has 0 aliphatic carbocycles. The lowest BCUT2D eigenvalue weighted by atomic mass is 10.3. The zero-order chi connectivity index (χ0) is 15.4. The molecule has 0 aromatic carbocycles. The van der Waals surface area contributed by atoms with Gasteiger partial charge >= 0.3 is 0 Å². The first-order chi connectivity index (χ1) is 10.7. The minimum Gasteiger partial charge on any atom is -0.379 e. The summed E-state index contributed by atoms with van der Waals surface area (Å²) in [6, 6.07) is 5.63. The molecule has 7 heteroatoms. The van der Waals surface area contributed by atoms with E-state index in [0.717, 1.165) is 38.5 Å². The molecule has 0 bridgehead atoms. The number of carbonyl (C=O) groups excluding carboxylic acids is 1. The van der Waals surface area contributed by atoms with E-state index in [4.69, 9.17) is 17.0 Å². The average Bonchev–Trinajstić information content (AvgIpc) is 2.81. The van der Waals surface area contributed by atoms with E-state index in [1.807, 2.05) is 18.2 Å². The third-order valence-corrected chi connectivity index (χ3v) is 4.96. The molecule has 3 heterocycles. The van der Waals surface area contributed by atoms with Gasteiger partial charge in [0.15, 0.2) is 0 Å². The Bertz CT molecular complexity index is 586. The first-order valence-electron chi connectivity index (χ1n) is 7.20. The molecular weight excluding hydrogens is 318 g/mol. The number of ether oxygens (including phenoxy) is 1. The van der Waals surface area contributed by atoms with Gasteiger partial charge in [-0.3, -0.25) is 19.6 Å². The van der Waals surface area contributed by atoms with Gasteiger partial charge in [-0.1, -0.05) is 30.0 Å². The number of nitrogens with zero attached hydrogens (tertiary/aromatic N) is 3. The van der Waals surface area contributed by atoms with Gasteiger partial charge in [-0.25, -0.2) is 0 Å². The van der Waals surface area contributed by atoms with Crippen LogP contribution in [0.2, 0.25) is 0 Å². The van der Waals surface area contributed by atoms with Gasteiger partial charge in [0, 0.05) is 32.4 Å². The molecule has 22 heavy (non-hydrogen) atoms. The molecule has 116 valence electrons. The maximum atomic E-state index is 12.5. The molecule has 0 unspecified atom stereocenters. The number of hydrogen-bond donors (Lipinski definition) is 0. The normalized spacial score (nSPS) is 21.8. The summed E-state index contributed by atoms with van der Waals surface area (Å²) in [7, 11) is 0. The minimum absolute atomic E-state index is 0.0195. The standard InChI is InChI=1S/C15H17N3O2S2/c19-14-13(11-12-3-1-2-4-16-12)22-15(21)18(14)6-5-17-7-9-20-10-8-17/h1-4,11H,5-10H2. The van der Waals surface area contributed by atoms with Gasteiger partial charge in [0.1, 0.15) is 4.32 Å². The molecule has 1 amide bonds. The van der Waals surface area contributed by atoms with E-state index in [1.165, 1.54) is 11.8 Å². The van der Waals surface area contributed by atoms with Crippen LogP contribution in [0.15, 0.2) is 29.3 Å². The highest BCUT2D eigenvalue weighted by Gasteiger charge is 2.32. The molecule has 2 aliphatic rings. The summed E-state index contributed by atoms with van der Waals surface area (Å²) in [5.41, 5.74) is 0.774. The number of amides is 1. The van der Waals surface area contributed by atoms with Crippen molar-refractivity contribution in [3.63, 3.8) is 0 Å². The van der Waals surface area contributed by atoms with E-state index in [2.05, 4.69) is 9.88 Å². The van der Waals surface area contributed by atoms with Gasteiger partial charge in [0.25, 0.3) is 5.91 Å². The summed E-state index contributed by atoms with van der Waals surface area (Å²) in [4.78, 5) is 21.3. The van der Waals surface area contributed by atoms with Crippen molar-refractivity contribution in [3.8, 4) is 0 Å². The van der Waals surface area contributed by atoms with E-state index in [9.17, 15) is 4.79 Å². The van der Waals surface area contributed by atoms with Gasteiger partial charge < -0.3 is 4.74 Å². The maximum absolute atomic E-state index is 12.5. The molecule has 0 atom stereocenters. The zero-order valence-corrected chi connectivity index (χ0v) is 13.7. The van der Waals surface area contributed by atoms with Crippen molar-refractivity contribution < 1.29 is 9.53 Å². The first kappa shape index (κ1) is 15.6. The molecule has 1 aromatic rings. The number of pyridine rings is 1. The summed E-state index contributed by atoms with van der Waals surface area (Å²) in [5, 5.41) is 0. The molecule has 0 saturated carbocycles. The fraction of sp³-hybridized carbons (Fsp3) is 0.400. The Kier molecular flexibility index (Phi) is 5.20. The summed E-state index contributed by atoms with van der Waals surface area (Å²) in [5.74, 6) is -0.0195. The van der Waals surface area contributed by atoms with Gasteiger partial charge in [-0.15, -0.1) is 0 Å². The molecule has 1 aromatic heterocycles. The van der Waals surface area contributed by atoms with E-state index in [-0.39, 0.29) is 5.91 Å². The Morgan fingerprint density at radius 2 is 2.14 bits per heavy atom. The van der Waals surface area contributed by atoms with Crippen LogP contribution >= 0.6 is 24.0 Å². The van der Waals surface area contributed by atoms with E-state index < -0.39 is 0 Å². The lowest BCUT2D eigenvalue weighted by molar-refractivity contribution is -0.122. The smallest absolute Gasteiger partial charge is 0.266 e. The van der Waals surface area contributed by atoms with Crippen molar-refractivity contribution in [3.05, 3.63) is 35.0 Å². The third kappa shape index (κ3) is 3.73. The fourth-order valence-electron chi connectivity index (χ4n) is 2.35. The molecule has 2 aliphatic heterocycles. The Morgan fingerprint density at radius 3 is 2.86 bits per heavy atom. The first-order valence-corrected chi connectivity index (χ1v) is 8.43. The van der Waals surface area contributed by atoms with Gasteiger partial charge in [0.05, 0.1) is 23.8 Å². The third-order valence-electron chi connectivity index (χ3n) is 3.58. The van der Waals surface area contributed by atoms with Crippen molar-refractivity contribution in [1.82, 2.24) is 14.8 Å². The topological polar surface area (TPSA) is 45.7 Å². The summed E-state index contributed by atoms with van der Waals surface area (Å²) in [6.45, 7) is 4.81. The van der Waals surface area contributed by atoms with Gasteiger partial charge in [-0.05, 0) is 18.2 Å². The van der Waals surface area contributed by atoms with Gasteiger partial charge in [-0.2, -0.15) is 0 Å². The Labute approximate surface area is 139 Å². The molecular formula is C15H17N3O2S2. The second-order valence-corrected chi connectivity index (χ2v) is 6.72. The molecule has 2 saturated heterocycles. The van der Waals surface area contributed by atoms with E-state index in [0.29, 0.717) is 15.8 Å². The maximum Gasteiger partial charge on any atom is 0.266 e. The Morgan fingerprint density at radius 1 is 1.32 bits per heavy atom. The Balaban J connectivity index is 1.62. The van der Waals surface area contributed by atoms with Crippen LogP contribution in [-0.4, -0.2) is 64.4 Å². The van der Waals surface area contributed by atoms with Crippen LogP contribution in [-0.2, 0) is 9.53 Å². The van der Waals surface area contributed by atoms with Crippen molar-refractivity contribution >= 4 is 40.3 Å². The number of thiocarbonyl (C=S) groups is 1. The molecule has 0 radical (unpaired) electrons. The minimum atomic E-state index is -0.0195. The molecule has 3 rings (SSSR count). The van der Waals surface area contributed by atoms with Gasteiger partial charge in [0.2, 0.25) is 0 Å². The number of aromatic nitrogens is 1. The SMILES string of the molecule is O=C1C(=Cc2ccccn2)SC(=S)N1CCN1CCOCC1. The fourth-order valence-corrected chi connectivity index (χ4v) is 3.65. The predicted octanol–water partition coefficient (Wildman–Crippen LogP) is 1.61. The summed E-state index contributed by atoms with van der Waals surface area (Å²) >= 11 is 6.69. The monoisotopic (exact) mass is 335 g/mol. The zero-order valence-electron chi connectivity index (χ0n) is 12.1. The number of hydrogen-bond acceptors (Lipinski definition) is 6. The molecule has 5 nitrogen and oxygen atoms in total. The lowest BCUT2D eigenvalue weighted by Gasteiger charge is -2.28. The van der Waals surface area contributed by atoms with E-state index >= 15 is 0 Å². The highest BCUT2D eigenvalue weighted by atomic mass is 32.2. The highest BCUT2D eigenvalue weighted by Crippen LogP contribution is 2.32. The largest absolute Gasteiger partial charge is 0.379 e. The van der Waals surface area contributed by atoms with Crippen molar-refractivity contribution in [2.75, 3.05) is 39.4 Å². The van der Waals surface area contributed by atoms with Crippen LogP contribution in [0.1, 0.15) is 5.69 Å². The molecule has 0 N–H and O–H groups in total. The predicted molar refractivity (Wildman–Crippen MR) is 91.4 cm³/mol. The lowest BCUT2D eigenvalue weighted by Crippen LogP contribution is -2.42. The number of morpholine rings is 1. The summed E-state index contributed by atoms with van der Waals surface area (Å²) in [6.07, 6.45) is 3.51. The quantitative estimate of drug-likeness (QED) is 0.615.